The van der Waals surface area contributed by atoms with Crippen molar-refractivity contribution in [3.8, 4) is 11.8 Å². The second kappa shape index (κ2) is 16.0. The maximum Gasteiger partial charge on any atom is 0.187 e. The average Bonchev–Trinajstić information content (AvgIpc) is 3.52. The molecule has 10 nitrogen and oxygen atoms in total. The van der Waals surface area contributed by atoms with Gasteiger partial charge in [-0.15, -0.1) is 0 Å². The third-order valence-electron chi connectivity index (χ3n) is 10.1. The van der Waals surface area contributed by atoms with Crippen molar-refractivity contribution in [2.75, 3.05) is 20.3 Å². The Morgan fingerprint density at radius 1 is 0.717 bits per heavy atom. The van der Waals surface area contributed by atoms with Gasteiger partial charge in [0.05, 0.1) is 19.3 Å². The van der Waals surface area contributed by atoms with E-state index in [2.05, 4.69) is 30.0 Å². The van der Waals surface area contributed by atoms with Gasteiger partial charge >= 0.3 is 0 Å². The van der Waals surface area contributed by atoms with Crippen LogP contribution in [0.3, 0.4) is 0 Å². The van der Waals surface area contributed by atoms with E-state index in [-0.39, 0.29) is 19.8 Å². The molecule has 1 unspecified atom stereocenters. The minimum atomic E-state index is -0.917. The third kappa shape index (κ3) is 7.93. The number of methoxy groups -OCH3 is 1. The van der Waals surface area contributed by atoms with Crippen LogP contribution in [0.5, 0.6) is 0 Å². The lowest BCUT2D eigenvalue weighted by Crippen LogP contribution is -2.66. The Labute approximate surface area is 310 Å². The highest BCUT2D eigenvalue weighted by atomic mass is 16.8. The number of fused-ring (bicyclic) bond motifs is 3. The van der Waals surface area contributed by atoms with Crippen molar-refractivity contribution in [3.63, 3.8) is 0 Å². The molecule has 4 aromatic rings. The highest BCUT2D eigenvalue weighted by Gasteiger charge is 2.58. The van der Waals surface area contributed by atoms with Gasteiger partial charge in [0.1, 0.15) is 49.3 Å². The van der Waals surface area contributed by atoms with Crippen LogP contribution in [-0.4, -0.2) is 87.5 Å². The molecule has 11 atom stereocenters. The van der Waals surface area contributed by atoms with Crippen LogP contribution in [0, 0.1) is 11.8 Å². The predicted octanol–water partition coefficient (Wildman–Crippen LogP) is 6.30. The fourth-order valence-corrected chi connectivity index (χ4v) is 7.62. The number of benzene rings is 4. The second-order valence-electron chi connectivity index (χ2n) is 14.2. The lowest BCUT2D eigenvalue weighted by atomic mass is 9.96. The van der Waals surface area contributed by atoms with Crippen molar-refractivity contribution >= 4 is 10.8 Å². The Balaban J connectivity index is 1.11. The first-order valence-corrected chi connectivity index (χ1v) is 18.3. The first kappa shape index (κ1) is 36.3. The fourth-order valence-electron chi connectivity index (χ4n) is 7.62. The van der Waals surface area contributed by atoms with E-state index in [1.54, 1.807) is 7.11 Å². The summed E-state index contributed by atoms with van der Waals surface area (Å²) in [4.78, 5) is 0. The van der Waals surface area contributed by atoms with Crippen LogP contribution in [0.25, 0.3) is 10.8 Å². The lowest BCUT2D eigenvalue weighted by Gasteiger charge is -2.50. The van der Waals surface area contributed by atoms with Gasteiger partial charge < -0.3 is 47.4 Å². The normalized spacial score (nSPS) is 33.4. The zero-order valence-corrected chi connectivity index (χ0v) is 30.4. The van der Waals surface area contributed by atoms with Crippen molar-refractivity contribution in [1.82, 2.24) is 0 Å². The molecule has 0 aliphatic carbocycles. The van der Waals surface area contributed by atoms with Gasteiger partial charge in [-0.2, -0.15) is 0 Å². The van der Waals surface area contributed by atoms with Gasteiger partial charge in [-0.3, -0.25) is 0 Å². The summed E-state index contributed by atoms with van der Waals surface area (Å²) in [6.45, 7) is 6.32. The Hall–Kier alpha value is -3.70. The Morgan fingerprint density at radius 2 is 1.45 bits per heavy atom. The standard InChI is InChI=1S/C43H46O10/c1-27-34(37-39(41(44-4)48-27)53-43(2,3)52-37)50-42-38(46-25-28-15-7-5-8-16-28)36(35-33(49-42)26-47-40(51-35)31-18-9-6-10-19-31)45-24-14-22-30-21-13-20-29-17-11-12-23-32(29)30/h5-13,15-21,23,27,33-42H,24-26H2,1-4H3/t27-,33+,34-,35+,36-,37+,38-,39+,40?,41+,42-/m0/s1. The number of hydrogen-bond donors (Lipinski definition) is 0. The first-order valence-electron chi connectivity index (χ1n) is 18.3. The van der Waals surface area contributed by atoms with E-state index in [1.807, 2.05) is 106 Å². The zero-order chi connectivity index (χ0) is 36.4. The summed E-state index contributed by atoms with van der Waals surface area (Å²) < 4.78 is 64.6. The van der Waals surface area contributed by atoms with Crippen molar-refractivity contribution < 1.29 is 47.4 Å². The SMILES string of the molecule is CO[C@@H]1O[C@@H](C)[C@H](O[C@@H]2O[C@@H]3COC(c4ccccc4)O[C@H]3[C@H](OCC#Cc3cccc4ccccc34)[C@@H]2OCc2ccccc2)[C@H]2OC(C)(C)O[C@@H]12. The topological polar surface area (TPSA) is 92.3 Å². The first-order chi connectivity index (χ1) is 25.9. The molecular formula is C43H46O10. The second-order valence-corrected chi connectivity index (χ2v) is 14.2. The van der Waals surface area contributed by atoms with E-state index in [9.17, 15) is 0 Å². The number of rotatable bonds is 9. The summed E-state index contributed by atoms with van der Waals surface area (Å²) >= 11 is 0. The van der Waals surface area contributed by atoms with Gasteiger partial charge in [0, 0.05) is 18.2 Å². The van der Waals surface area contributed by atoms with E-state index < -0.39 is 73.5 Å². The largest absolute Gasteiger partial charge is 0.365 e. The smallest absolute Gasteiger partial charge is 0.187 e. The number of ether oxygens (including phenoxy) is 10. The summed E-state index contributed by atoms with van der Waals surface area (Å²) in [5.74, 6) is 5.72. The van der Waals surface area contributed by atoms with Gasteiger partial charge in [0.25, 0.3) is 0 Å². The predicted molar refractivity (Wildman–Crippen MR) is 194 cm³/mol. The van der Waals surface area contributed by atoms with E-state index in [1.165, 1.54) is 0 Å². The van der Waals surface area contributed by atoms with E-state index in [0.717, 1.165) is 27.5 Å². The van der Waals surface area contributed by atoms with Gasteiger partial charge in [0.2, 0.25) is 0 Å². The van der Waals surface area contributed by atoms with E-state index >= 15 is 0 Å². The molecule has 4 aliphatic rings. The molecule has 0 amide bonds. The van der Waals surface area contributed by atoms with Crippen LogP contribution >= 0.6 is 0 Å². The molecule has 4 heterocycles. The molecule has 4 fully saturated rings. The molecule has 0 saturated carbocycles. The summed E-state index contributed by atoms with van der Waals surface area (Å²) in [5, 5.41) is 2.22. The Kier molecular flexibility index (Phi) is 10.9. The maximum atomic E-state index is 6.90. The number of hydrogen-bond acceptors (Lipinski definition) is 10. The quantitative estimate of drug-likeness (QED) is 0.184. The van der Waals surface area contributed by atoms with Crippen LogP contribution in [0.4, 0.5) is 0 Å². The highest BCUT2D eigenvalue weighted by molar-refractivity contribution is 5.88. The molecule has 4 aliphatic heterocycles. The van der Waals surface area contributed by atoms with Crippen LogP contribution in [0.15, 0.2) is 103 Å². The Bertz CT molecular complexity index is 1870. The molecule has 0 aromatic heterocycles. The van der Waals surface area contributed by atoms with Crippen LogP contribution in [0.2, 0.25) is 0 Å². The van der Waals surface area contributed by atoms with Crippen molar-refractivity contribution in [3.05, 3.63) is 120 Å². The molecule has 8 rings (SSSR count). The molecule has 4 aromatic carbocycles. The maximum absolute atomic E-state index is 6.90. The molecule has 0 N–H and O–H groups in total. The molecule has 0 bridgehead atoms. The molecule has 0 radical (unpaired) electrons. The molecular weight excluding hydrogens is 676 g/mol. The highest BCUT2D eigenvalue weighted by Crippen LogP contribution is 2.42. The molecule has 4 saturated heterocycles. The van der Waals surface area contributed by atoms with Gasteiger partial charge in [0.15, 0.2) is 24.7 Å². The summed E-state index contributed by atoms with van der Waals surface area (Å²) in [6.07, 6.45) is -6.69. The zero-order valence-electron chi connectivity index (χ0n) is 30.4. The Morgan fingerprint density at radius 3 is 2.26 bits per heavy atom. The van der Waals surface area contributed by atoms with Crippen LogP contribution in [0.1, 0.15) is 43.8 Å². The third-order valence-corrected chi connectivity index (χ3v) is 10.1. The minimum absolute atomic E-state index is 0.115. The fraction of sp³-hybridized carbons (Fsp3) is 0.442. The molecule has 53 heavy (non-hydrogen) atoms. The van der Waals surface area contributed by atoms with Crippen LogP contribution < -0.4 is 0 Å². The molecule has 10 heteroatoms. The van der Waals surface area contributed by atoms with Crippen LogP contribution in [-0.2, 0) is 54.0 Å². The van der Waals surface area contributed by atoms with E-state index in [4.69, 9.17) is 47.4 Å². The summed E-state index contributed by atoms with van der Waals surface area (Å²) in [6, 6.07) is 34.1. The minimum Gasteiger partial charge on any atom is -0.365 e. The van der Waals surface area contributed by atoms with Crippen molar-refractivity contribution in [2.45, 2.75) is 101 Å². The summed E-state index contributed by atoms with van der Waals surface area (Å²) in [5.41, 5.74) is 2.82. The average molecular weight is 723 g/mol. The van der Waals surface area contributed by atoms with Gasteiger partial charge in [-0.05, 0) is 43.2 Å². The van der Waals surface area contributed by atoms with Gasteiger partial charge in [-0.1, -0.05) is 109 Å². The lowest BCUT2D eigenvalue weighted by molar-refractivity contribution is -0.387. The monoisotopic (exact) mass is 722 g/mol. The molecule has 278 valence electrons. The molecule has 0 spiro atoms. The van der Waals surface area contributed by atoms with Gasteiger partial charge in [-0.25, -0.2) is 0 Å². The van der Waals surface area contributed by atoms with E-state index in [0.29, 0.717) is 0 Å². The summed E-state index contributed by atoms with van der Waals surface area (Å²) in [7, 11) is 1.60. The van der Waals surface area contributed by atoms with Crippen molar-refractivity contribution in [2.24, 2.45) is 0 Å². The van der Waals surface area contributed by atoms with Crippen molar-refractivity contribution in [1.29, 1.82) is 0 Å².